The molecule has 0 saturated carbocycles. The van der Waals surface area contributed by atoms with Crippen molar-refractivity contribution in [3.63, 3.8) is 0 Å². The highest BCUT2D eigenvalue weighted by atomic mass is 16.7. The Hall–Kier alpha value is -1.27. The number of carbonyl (C=O) groups is 1. The molecule has 0 aromatic rings. The number of amides is 1. The Morgan fingerprint density at radius 2 is 1.11 bits per heavy atom. The number of hydrogen-bond donors (Lipinski definition) is 9. The maximum atomic E-state index is 12.5. The third-order valence-electron chi connectivity index (χ3n) is 10.9. The van der Waals surface area contributed by atoms with E-state index in [4.69, 9.17) is 18.9 Å². The first-order valence-electron chi connectivity index (χ1n) is 21.9. The van der Waals surface area contributed by atoms with E-state index in [1.54, 1.807) is 6.08 Å². The minimum Gasteiger partial charge on any atom is -0.394 e. The van der Waals surface area contributed by atoms with Crippen molar-refractivity contribution < 1.29 is 64.6 Å². The van der Waals surface area contributed by atoms with Crippen LogP contribution in [0.2, 0.25) is 0 Å². The molecule has 56 heavy (non-hydrogen) atoms. The van der Waals surface area contributed by atoms with Gasteiger partial charge in [-0.2, -0.15) is 0 Å². The molecule has 14 heteroatoms. The second kappa shape index (κ2) is 30.7. The number of allylic oxidation sites excluding steroid dienone is 1. The Morgan fingerprint density at radius 3 is 1.61 bits per heavy atom. The fourth-order valence-corrected chi connectivity index (χ4v) is 7.33. The van der Waals surface area contributed by atoms with Crippen LogP contribution in [0.5, 0.6) is 0 Å². The van der Waals surface area contributed by atoms with E-state index in [2.05, 4.69) is 12.2 Å². The number of aliphatic hydroxyl groups is 8. The van der Waals surface area contributed by atoms with Crippen molar-refractivity contribution in [1.29, 1.82) is 0 Å². The lowest BCUT2D eigenvalue weighted by molar-refractivity contribution is -0.359. The summed E-state index contributed by atoms with van der Waals surface area (Å²) in [6, 6.07) is -0.904. The second-order valence-corrected chi connectivity index (χ2v) is 15.8. The molecule has 2 saturated heterocycles. The van der Waals surface area contributed by atoms with Gasteiger partial charge in [-0.1, -0.05) is 142 Å². The smallest absolute Gasteiger partial charge is 0.220 e. The van der Waals surface area contributed by atoms with Gasteiger partial charge in [-0.05, 0) is 19.3 Å². The Bertz CT molecular complexity index is 1000. The molecule has 12 atom stereocenters. The van der Waals surface area contributed by atoms with E-state index >= 15 is 0 Å². The first kappa shape index (κ1) is 50.9. The largest absolute Gasteiger partial charge is 0.394 e. The van der Waals surface area contributed by atoms with Crippen LogP contribution in [0.4, 0.5) is 0 Å². The van der Waals surface area contributed by atoms with Crippen LogP contribution in [-0.2, 0) is 23.7 Å². The molecule has 9 N–H and O–H groups in total. The molecule has 2 heterocycles. The lowest BCUT2D eigenvalue weighted by atomic mass is 9.97. The minimum atomic E-state index is -1.78. The molecule has 0 radical (unpaired) electrons. The first-order chi connectivity index (χ1) is 27.1. The van der Waals surface area contributed by atoms with E-state index in [-0.39, 0.29) is 18.9 Å². The topological polar surface area (TPSA) is 228 Å². The van der Waals surface area contributed by atoms with Crippen molar-refractivity contribution in [3.05, 3.63) is 12.2 Å². The maximum absolute atomic E-state index is 12.5. The van der Waals surface area contributed by atoms with Gasteiger partial charge in [-0.3, -0.25) is 4.79 Å². The van der Waals surface area contributed by atoms with Crippen LogP contribution in [0.15, 0.2) is 12.2 Å². The maximum Gasteiger partial charge on any atom is 0.220 e. The Kier molecular flexibility index (Phi) is 27.9. The van der Waals surface area contributed by atoms with Crippen molar-refractivity contribution in [3.8, 4) is 0 Å². The summed E-state index contributed by atoms with van der Waals surface area (Å²) in [5, 5.41) is 85.5. The molecule has 330 valence electrons. The van der Waals surface area contributed by atoms with E-state index in [1.807, 2.05) is 13.0 Å². The minimum absolute atomic E-state index is 0.233. The average molecular weight is 806 g/mol. The molecule has 14 nitrogen and oxygen atoms in total. The SMILES string of the molecule is CCCCCCCCCCCCCCCCCCCCC/C=C/C(O)C(COC1OC(CO)C(OC2OC(CO)C(O)C(O)C2O)C(O)C1O)NC(=O)CCC. The van der Waals surface area contributed by atoms with Gasteiger partial charge >= 0.3 is 0 Å². The molecule has 0 aliphatic carbocycles. The number of hydrogen-bond acceptors (Lipinski definition) is 13. The van der Waals surface area contributed by atoms with Crippen LogP contribution < -0.4 is 5.32 Å². The Balaban J connectivity index is 1.69. The highest BCUT2D eigenvalue weighted by molar-refractivity contribution is 5.76. The van der Waals surface area contributed by atoms with Gasteiger partial charge < -0.3 is 65.1 Å². The zero-order valence-corrected chi connectivity index (χ0v) is 34.4. The fraction of sp³-hybridized carbons (Fsp3) is 0.929. The van der Waals surface area contributed by atoms with Gasteiger partial charge in [-0.25, -0.2) is 0 Å². The third-order valence-corrected chi connectivity index (χ3v) is 10.9. The van der Waals surface area contributed by atoms with Crippen molar-refractivity contribution in [2.45, 2.75) is 229 Å². The predicted octanol–water partition coefficient (Wildman–Crippen LogP) is 3.65. The summed E-state index contributed by atoms with van der Waals surface area (Å²) in [6.07, 6.45) is 13.2. The van der Waals surface area contributed by atoms with Crippen molar-refractivity contribution >= 4 is 5.91 Å². The van der Waals surface area contributed by atoms with E-state index in [1.165, 1.54) is 109 Å². The van der Waals surface area contributed by atoms with Crippen LogP contribution in [0.25, 0.3) is 0 Å². The zero-order chi connectivity index (χ0) is 41.1. The second-order valence-electron chi connectivity index (χ2n) is 15.8. The summed E-state index contributed by atoms with van der Waals surface area (Å²) >= 11 is 0. The molecule has 2 aliphatic rings. The summed E-state index contributed by atoms with van der Waals surface area (Å²) < 4.78 is 22.4. The molecular weight excluding hydrogens is 726 g/mol. The number of nitrogens with one attached hydrogen (secondary N) is 1. The van der Waals surface area contributed by atoms with Crippen LogP contribution >= 0.6 is 0 Å². The molecule has 0 aromatic carbocycles. The fourth-order valence-electron chi connectivity index (χ4n) is 7.33. The van der Waals surface area contributed by atoms with E-state index < -0.39 is 86.8 Å². The molecule has 2 aliphatic heterocycles. The molecule has 2 fully saturated rings. The summed E-state index contributed by atoms with van der Waals surface area (Å²) in [5.74, 6) is -0.293. The monoisotopic (exact) mass is 806 g/mol. The number of unbranched alkanes of at least 4 members (excludes halogenated alkanes) is 19. The third kappa shape index (κ3) is 19.2. The summed E-state index contributed by atoms with van der Waals surface area (Å²) in [4.78, 5) is 12.5. The van der Waals surface area contributed by atoms with Gasteiger partial charge in [0.05, 0.1) is 32.0 Å². The summed E-state index contributed by atoms with van der Waals surface area (Å²) in [7, 11) is 0. The predicted molar refractivity (Wildman–Crippen MR) is 212 cm³/mol. The van der Waals surface area contributed by atoms with Crippen molar-refractivity contribution in [2.24, 2.45) is 0 Å². The molecule has 0 bridgehead atoms. The van der Waals surface area contributed by atoms with Gasteiger partial charge in [0.15, 0.2) is 12.6 Å². The van der Waals surface area contributed by atoms with Crippen molar-refractivity contribution in [1.82, 2.24) is 5.32 Å². The van der Waals surface area contributed by atoms with Crippen LogP contribution in [0.3, 0.4) is 0 Å². The highest BCUT2D eigenvalue weighted by Crippen LogP contribution is 2.30. The lowest BCUT2D eigenvalue weighted by Crippen LogP contribution is -2.65. The molecule has 0 spiro atoms. The Morgan fingerprint density at radius 1 is 0.625 bits per heavy atom. The van der Waals surface area contributed by atoms with Gasteiger partial charge in [-0.15, -0.1) is 0 Å². The first-order valence-corrected chi connectivity index (χ1v) is 21.9. The molecule has 0 aromatic heterocycles. The van der Waals surface area contributed by atoms with Gasteiger partial charge in [0.25, 0.3) is 0 Å². The van der Waals surface area contributed by atoms with Gasteiger partial charge in [0.2, 0.25) is 5.91 Å². The van der Waals surface area contributed by atoms with Crippen LogP contribution in [-0.4, -0.2) is 140 Å². The molecule has 2 rings (SSSR count). The van der Waals surface area contributed by atoms with E-state index in [9.17, 15) is 45.6 Å². The standard InChI is InChI=1S/C42H79NO13/c1-3-5-6-7-8-9-10-11-12-13-14-15-16-17-18-19-20-21-22-23-24-26-31(46)30(43-34(47)25-4-2)29-53-41-39(52)37(50)40(33(28-45)55-41)56-42-38(51)36(49)35(48)32(27-44)54-42/h24,26,30-33,35-42,44-46,48-52H,3-23,25,27-29H2,1-2H3,(H,43,47)/b26-24+. The van der Waals surface area contributed by atoms with E-state index in [0.29, 0.717) is 6.42 Å². The summed E-state index contributed by atoms with van der Waals surface area (Å²) in [5.41, 5.74) is 0. The highest BCUT2D eigenvalue weighted by Gasteiger charge is 2.50. The quantitative estimate of drug-likeness (QED) is 0.0350. The zero-order valence-electron chi connectivity index (χ0n) is 34.4. The molecule has 12 unspecified atom stereocenters. The number of ether oxygens (including phenoxy) is 4. The normalized spacial score (nSPS) is 29.5. The summed E-state index contributed by atoms with van der Waals surface area (Å²) in [6.45, 7) is 2.40. The number of aliphatic hydroxyl groups excluding tert-OH is 8. The van der Waals surface area contributed by atoms with Gasteiger partial charge in [0.1, 0.15) is 48.8 Å². The molecule has 1 amide bonds. The van der Waals surface area contributed by atoms with E-state index in [0.717, 1.165) is 19.3 Å². The lowest BCUT2D eigenvalue weighted by Gasteiger charge is -2.46. The Labute approximate surface area is 336 Å². The van der Waals surface area contributed by atoms with Crippen LogP contribution in [0, 0.1) is 0 Å². The number of carbonyl (C=O) groups excluding carboxylic acids is 1. The average Bonchev–Trinajstić information content (AvgIpc) is 3.19. The van der Waals surface area contributed by atoms with Crippen LogP contribution in [0.1, 0.15) is 155 Å². The number of rotatable bonds is 32. The molecular formula is C42H79NO13. The van der Waals surface area contributed by atoms with Crippen molar-refractivity contribution in [2.75, 3.05) is 19.8 Å². The van der Waals surface area contributed by atoms with Gasteiger partial charge in [0, 0.05) is 6.42 Å².